The summed E-state index contributed by atoms with van der Waals surface area (Å²) in [6.45, 7) is -0.0908. The molecule has 4 nitrogen and oxygen atoms in total. The molecule has 0 bridgehead atoms. The zero-order chi connectivity index (χ0) is 14.5. The lowest BCUT2D eigenvalue weighted by molar-refractivity contribution is 0.299. The third kappa shape index (κ3) is 3.23. The van der Waals surface area contributed by atoms with Gasteiger partial charge in [0.2, 0.25) is 0 Å². The van der Waals surface area contributed by atoms with E-state index < -0.39 is 11.6 Å². The number of amidine groups is 1. The molecular formula is C14H12F2N2O2. The van der Waals surface area contributed by atoms with Crippen LogP contribution in [0.5, 0.6) is 5.75 Å². The Hall–Kier alpha value is -2.63. The van der Waals surface area contributed by atoms with Crippen LogP contribution in [0.1, 0.15) is 11.1 Å². The second-order valence-corrected chi connectivity index (χ2v) is 4.03. The first-order chi connectivity index (χ1) is 9.60. The van der Waals surface area contributed by atoms with Crippen LogP contribution in [0, 0.1) is 11.6 Å². The molecule has 0 heterocycles. The van der Waals surface area contributed by atoms with E-state index in [4.69, 9.17) is 15.7 Å². The van der Waals surface area contributed by atoms with Crippen LogP contribution in [0.25, 0.3) is 0 Å². The molecule has 0 aromatic heterocycles. The molecule has 0 aliphatic rings. The van der Waals surface area contributed by atoms with E-state index >= 15 is 0 Å². The van der Waals surface area contributed by atoms with Crippen LogP contribution >= 0.6 is 0 Å². The SMILES string of the molecule is N/C(=N/O)c1ccc(OCc2cc(F)ccc2F)cc1. The summed E-state index contributed by atoms with van der Waals surface area (Å²) in [6, 6.07) is 9.54. The molecule has 0 fully saturated rings. The fourth-order valence-corrected chi connectivity index (χ4v) is 1.59. The molecule has 104 valence electrons. The topological polar surface area (TPSA) is 67.8 Å². The number of ether oxygens (including phenoxy) is 1. The number of rotatable bonds is 4. The Morgan fingerprint density at radius 2 is 1.85 bits per heavy atom. The summed E-state index contributed by atoms with van der Waals surface area (Å²) in [7, 11) is 0. The lowest BCUT2D eigenvalue weighted by atomic mass is 10.2. The maximum Gasteiger partial charge on any atom is 0.170 e. The standard InChI is InChI=1S/C14H12F2N2O2/c15-11-3-6-13(16)10(7-11)8-20-12-4-1-9(2-5-12)14(17)18-19/h1-7,19H,8H2,(H2,17,18). The Morgan fingerprint density at radius 3 is 2.50 bits per heavy atom. The van der Waals surface area contributed by atoms with Crippen LogP contribution in [0.15, 0.2) is 47.6 Å². The number of nitrogens with two attached hydrogens (primary N) is 1. The molecule has 0 aliphatic heterocycles. The minimum atomic E-state index is -0.528. The molecule has 20 heavy (non-hydrogen) atoms. The third-order valence-electron chi connectivity index (χ3n) is 2.66. The normalized spacial score (nSPS) is 11.4. The van der Waals surface area contributed by atoms with Crippen molar-refractivity contribution in [2.75, 3.05) is 0 Å². The molecule has 0 unspecified atom stereocenters. The number of oxime groups is 1. The number of nitrogens with zero attached hydrogens (tertiary/aromatic N) is 1. The molecule has 0 amide bonds. The second kappa shape index (κ2) is 6.01. The van der Waals surface area contributed by atoms with Crippen molar-refractivity contribution in [2.24, 2.45) is 10.9 Å². The van der Waals surface area contributed by atoms with Crippen molar-refractivity contribution in [1.29, 1.82) is 0 Å². The predicted octanol–water partition coefficient (Wildman–Crippen LogP) is 2.64. The smallest absolute Gasteiger partial charge is 0.170 e. The van der Waals surface area contributed by atoms with Gasteiger partial charge in [-0.25, -0.2) is 8.78 Å². The minimum Gasteiger partial charge on any atom is -0.489 e. The van der Waals surface area contributed by atoms with Gasteiger partial charge in [-0.3, -0.25) is 0 Å². The van der Waals surface area contributed by atoms with Crippen LogP contribution in [0.3, 0.4) is 0 Å². The minimum absolute atomic E-state index is 0.0206. The zero-order valence-electron chi connectivity index (χ0n) is 10.4. The summed E-state index contributed by atoms with van der Waals surface area (Å²) in [5.41, 5.74) is 6.07. The molecule has 0 atom stereocenters. The van der Waals surface area contributed by atoms with E-state index in [-0.39, 0.29) is 18.0 Å². The summed E-state index contributed by atoms with van der Waals surface area (Å²) >= 11 is 0. The van der Waals surface area contributed by atoms with Gasteiger partial charge in [0.25, 0.3) is 0 Å². The first-order valence-electron chi connectivity index (χ1n) is 5.75. The molecular weight excluding hydrogens is 266 g/mol. The maximum atomic E-state index is 13.4. The van der Waals surface area contributed by atoms with Gasteiger partial charge in [-0.05, 0) is 42.5 Å². The molecule has 6 heteroatoms. The lowest BCUT2D eigenvalue weighted by Crippen LogP contribution is -2.12. The van der Waals surface area contributed by atoms with Crippen molar-refractivity contribution in [2.45, 2.75) is 6.61 Å². The van der Waals surface area contributed by atoms with E-state index in [9.17, 15) is 8.78 Å². The van der Waals surface area contributed by atoms with E-state index in [1.807, 2.05) is 0 Å². The van der Waals surface area contributed by atoms with Crippen LogP contribution in [-0.4, -0.2) is 11.0 Å². The lowest BCUT2D eigenvalue weighted by Gasteiger charge is -2.08. The average molecular weight is 278 g/mol. The third-order valence-corrected chi connectivity index (χ3v) is 2.66. The van der Waals surface area contributed by atoms with Gasteiger partial charge >= 0.3 is 0 Å². The number of hydrogen-bond acceptors (Lipinski definition) is 3. The quantitative estimate of drug-likeness (QED) is 0.391. The Kier molecular flexibility index (Phi) is 4.14. The van der Waals surface area contributed by atoms with Crippen molar-refractivity contribution in [1.82, 2.24) is 0 Å². The Balaban J connectivity index is 2.06. The fourth-order valence-electron chi connectivity index (χ4n) is 1.59. The predicted molar refractivity (Wildman–Crippen MR) is 69.6 cm³/mol. The Bertz CT molecular complexity index is 628. The molecule has 3 N–H and O–H groups in total. The van der Waals surface area contributed by atoms with Gasteiger partial charge in [-0.1, -0.05) is 5.16 Å². The molecule has 2 aromatic carbocycles. The second-order valence-electron chi connectivity index (χ2n) is 4.03. The highest BCUT2D eigenvalue weighted by molar-refractivity contribution is 5.97. The van der Waals surface area contributed by atoms with Gasteiger partial charge in [-0.2, -0.15) is 0 Å². The summed E-state index contributed by atoms with van der Waals surface area (Å²) in [5, 5.41) is 11.4. The summed E-state index contributed by atoms with van der Waals surface area (Å²) in [4.78, 5) is 0. The highest BCUT2D eigenvalue weighted by Gasteiger charge is 2.05. The highest BCUT2D eigenvalue weighted by Crippen LogP contribution is 2.16. The van der Waals surface area contributed by atoms with Gasteiger partial charge in [0.05, 0.1) is 0 Å². The van der Waals surface area contributed by atoms with Gasteiger partial charge < -0.3 is 15.7 Å². The van der Waals surface area contributed by atoms with Gasteiger partial charge in [0.1, 0.15) is 24.0 Å². The van der Waals surface area contributed by atoms with E-state index in [0.29, 0.717) is 11.3 Å². The van der Waals surface area contributed by atoms with E-state index in [1.165, 1.54) is 0 Å². The maximum absolute atomic E-state index is 13.4. The van der Waals surface area contributed by atoms with Crippen molar-refractivity contribution in [3.05, 3.63) is 65.2 Å². The molecule has 0 spiro atoms. The molecule has 2 aromatic rings. The highest BCUT2D eigenvalue weighted by atomic mass is 19.1. The molecule has 0 saturated carbocycles. The molecule has 0 radical (unpaired) electrons. The van der Waals surface area contributed by atoms with E-state index in [2.05, 4.69) is 5.16 Å². The molecule has 0 aliphatic carbocycles. The monoisotopic (exact) mass is 278 g/mol. The number of halogens is 2. The van der Waals surface area contributed by atoms with Gasteiger partial charge in [0.15, 0.2) is 5.84 Å². The average Bonchev–Trinajstić information content (AvgIpc) is 2.48. The van der Waals surface area contributed by atoms with Crippen LogP contribution in [0.2, 0.25) is 0 Å². The molecule has 2 rings (SSSR count). The Morgan fingerprint density at radius 1 is 1.15 bits per heavy atom. The van der Waals surface area contributed by atoms with Crippen LogP contribution in [0.4, 0.5) is 8.78 Å². The van der Waals surface area contributed by atoms with E-state index in [1.54, 1.807) is 24.3 Å². The fraction of sp³-hybridized carbons (Fsp3) is 0.0714. The largest absolute Gasteiger partial charge is 0.489 e. The summed E-state index contributed by atoms with van der Waals surface area (Å²) in [5.74, 6) is -0.608. The zero-order valence-corrected chi connectivity index (χ0v) is 10.4. The van der Waals surface area contributed by atoms with Crippen LogP contribution < -0.4 is 10.5 Å². The van der Waals surface area contributed by atoms with Crippen molar-refractivity contribution < 1.29 is 18.7 Å². The van der Waals surface area contributed by atoms with Gasteiger partial charge in [0, 0.05) is 11.1 Å². The van der Waals surface area contributed by atoms with Gasteiger partial charge in [-0.15, -0.1) is 0 Å². The summed E-state index contributed by atoms with van der Waals surface area (Å²) in [6.07, 6.45) is 0. The first-order valence-corrected chi connectivity index (χ1v) is 5.75. The van der Waals surface area contributed by atoms with Crippen LogP contribution in [-0.2, 0) is 6.61 Å². The Labute approximate surface area is 114 Å². The molecule has 0 saturated heterocycles. The van der Waals surface area contributed by atoms with Crippen molar-refractivity contribution in [3.63, 3.8) is 0 Å². The van der Waals surface area contributed by atoms with E-state index in [0.717, 1.165) is 18.2 Å². The van der Waals surface area contributed by atoms with Crippen molar-refractivity contribution in [3.8, 4) is 5.75 Å². The summed E-state index contributed by atoms with van der Waals surface area (Å²) < 4.78 is 31.7. The number of hydrogen-bond donors (Lipinski definition) is 2. The number of benzene rings is 2. The first kappa shape index (κ1) is 13.8. The van der Waals surface area contributed by atoms with Crippen molar-refractivity contribution >= 4 is 5.84 Å².